The maximum absolute atomic E-state index is 5.45. The molecule has 0 aliphatic carbocycles. The van der Waals surface area contributed by atoms with Gasteiger partial charge in [-0.05, 0) is 42.5 Å². The predicted molar refractivity (Wildman–Crippen MR) is 131 cm³/mol. The summed E-state index contributed by atoms with van der Waals surface area (Å²) < 4.78 is 5.45. The Morgan fingerprint density at radius 2 is 1.81 bits per heavy atom. The Morgan fingerprint density at radius 3 is 2.59 bits per heavy atom. The molecule has 6 nitrogen and oxygen atoms in total. The fourth-order valence-electron chi connectivity index (χ4n) is 4.07. The Balaban J connectivity index is 1.46. The van der Waals surface area contributed by atoms with Gasteiger partial charge < -0.3 is 19.9 Å². The Morgan fingerprint density at radius 1 is 1.00 bits per heavy atom. The topological polar surface area (TPSA) is 53.5 Å². The number of morpholine rings is 1. The number of fused-ring (bicyclic) bond motifs is 1. The number of benzene rings is 3. The predicted octanol–water partition coefficient (Wildman–Crippen LogP) is 4.74. The van der Waals surface area contributed by atoms with Crippen LogP contribution < -0.4 is 15.1 Å². The van der Waals surface area contributed by atoms with E-state index in [2.05, 4.69) is 62.6 Å². The normalized spacial score (nSPS) is 13.9. The highest BCUT2D eigenvalue weighted by Crippen LogP contribution is 2.34. The molecule has 161 valence electrons. The first-order valence-electron chi connectivity index (χ1n) is 10.8. The van der Waals surface area contributed by atoms with Gasteiger partial charge in [-0.15, -0.1) is 0 Å². The zero-order valence-electron chi connectivity index (χ0n) is 18.4. The Bertz CT molecular complexity index is 1220. The molecule has 0 amide bonds. The molecule has 1 radical (unpaired) electrons. The van der Waals surface area contributed by atoms with Crippen molar-refractivity contribution in [1.82, 2.24) is 9.97 Å². The molecule has 4 aromatic rings. The van der Waals surface area contributed by atoms with Gasteiger partial charge in [0.05, 0.1) is 18.7 Å². The summed E-state index contributed by atoms with van der Waals surface area (Å²) >= 11 is 0. The van der Waals surface area contributed by atoms with Crippen LogP contribution in [0.25, 0.3) is 22.0 Å². The second-order valence-corrected chi connectivity index (χ2v) is 8.05. The van der Waals surface area contributed by atoms with E-state index in [4.69, 9.17) is 9.72 Å². The number of rotatable bonds is 5. The zero-order chi connectivity index (χ0) is 21.9. The number of anilines is 4. The molecule has 0 unspecified atom stereocenters. The summed E-state index contributed by atoms with van der Waals surface area (Å²) in [5, 5.41) is 4.36. The van der Waals surface area contributed by atoms with Crippen LogP contribution in [0.2, 0.25) is 0 Å². The van der Waals surface area contributed by atoms with E-state index in [1.165, 1.54) is 5.69 Å². The third-order valence-corrected chi connectivity index (χ3v) is 5.72. The molecule has 0 bridgehead atoms. The van der Waals surface area contributed by atoms with E-state index >= 15 is 0 Å². The molecular formula is C26H26N5O. The van der Waals surface area contributed by atoms with Crippen LogP contribution in [0.15, 0.2) is 66.9 Å². The van der Waals surface area contributed by atoms with Crippen LogP contribution in [0.5, 0.6) is 0 Å². The van der Waals surface area contributed by atoms with E-state index in [-0.39, 0.29) is 0 Å². The van der Waals surface area contributed by atoms with Crippen LogP contribution in [0.3, 0.4) is 0 Å². The monoisotopic (exact) mass is 424 g/mol. The minimum Gasteiger partial charge on any atom is -0.378 e. The van der Waals surface area contributed by atoms with Crippen molar-refractivity contribution < 1.29 is 4.74 Å². The van der Waals surface area contributed by atoms with E-state index < -0.39 is 0 Å². The molecule has 0 atom stereocenters. The molecule has 0 spiro atoms. The standard InChI is InChI=1S/C26H26N5O/c1-30(2)24-9-4-3-7-22(24)23-8-5-6-19-18-27-26(29-25(19)23)28-20-10-12-21(13-11-20)31-14-16-32-17-15-31/h4-13,18H,14-17H2,1-2H3,(H,27,28,29). The number of hydrogen-bond donors (Lipinski definition) is 1. The molecule has 1 N–H and O–H groups in total. The fourth-order valence-corrected chi connectivity index (χ4v) is 4.07. The van der Waals surface area contributed by atoms with Gasteiger partial charge in [-0.25, -0.2) is 9.97 Å². The molecule has 5 rings (SSSR count). The van der Waals surface area contributed by atoms with E-state index in [1.807, 2.05) is 44.6 Å². The summed E-state index contributed by atoms with van der Waals surface area (Å²) in [5.74, 6) is 0.579. The van der Waals surface area contributed by atoms with Gasteiger partial charge in [0.25, 0.3) is 0 Å². The second kappa shape index (κ2) is 8.85. The highest BCUT2D eigenvalue weighted by atomic mass is 16.5. The van der Waals surface area contributed by atoms with Gasteiger partial charge in [0.1, 0.15) is 0 Å². The summed E-state index contributed by atoms with van der Waals surface area (Å²) in [6.45, 7) is 3.41. The Hall–Kier alpha value is -3.64. The molecule has 1 saturated heterocycles. The number of aromatic nitrogens is 2. The number of para-hydroxylation sites is 1. The lowest BCUT2D eigenvalue weighted by atomic mass is 10.0. The van der Waals surface area contributed by atoms with E-state index in [1.54, 1.807) is 0 Å². The maximum atomic E-state index is 5.45. The van der Waals surface area contributed by atoms with Crippen LogP contribution in [0.4, 0.5) is 23.0 Å². The highest BCUT2D eigenvalue weighted by molar-refractivity contribution is 5.97. The molecule has 32 heavy (non-hydrogen) atoms. The number of nitrogens with one attached hydrogen (secondary N) is 1. The lowest BCUT2D eigenvalue weighted by molar-refractivity contribution is 0.122. The minimum atomic E-state index is 0.579. The second-order valence-electron chi connectivity index (χ2n) is 8.05. The molecular weight excluding hydrogens is 398 g/mol. The molecule has 1 fully saturated rings. The highest BCUT2D eigenvalue weighted by Gasteiger charge is 2.13. The quantitative estimate of drug-likeness (QED) is 0.499. The summed E-state index contributed by atoms with van der Waals surface area (Å²) in [4.78, 5) is 13.9. The van der Waals surface area contributed by atoms with Crippen LogP contribution >= 0.6 is 0 Å². The lowest BCUT2D eigenvalue weighted by Crippen LogP contribution is -2.36. The van der Waals surface area contributed by atoms with Crippen molar-refractivity contribution in [3.63, 3.8) is 0 Å². The summed E-state index contributed by atoms with van der Waals surface area (Å²) in [6, 6.07) is 23.8. The first-order chi connectivity index (χ1) is 15.7. The summed E-state index contributed by atoms with van der Waals surface area (Å²) in [6.07, 6.45) is 1.87. The molecule has 6 heteroatoms. The van der Waals surface area contributed by atoms with Crippen molar-refractivity contribution in [3.8, 4) is 11.1 Å². The van der Waals surface area contributed by atoms with Crippen molar-refractivity contribution in [1.29, 1.82) is 0 Å². The van der Waals surface area contributed by atoms with Gasteiger partial charge >= 0.3 is 0 Å². The molecule has 0 saturated carbocycles. The largest absolute Gasteiger partial charge is 0.378 e. The Kier molecular flexibility index (Phi) is 5.60. The third-order valence-electron chi connectivity index (χ3n) is 5.72. The average molecular weight is 425 g/mol. The number of hydrogen-bond acceptors (Lipinski definition) is 6. The van der Waals surface area contributed by atoms with Crippen LogP contribution in [-0.2, 0) is 4.74 Å². The number of nitrogens with zero attached hydrogens (tertiary/aromatic N) is 4. The minimum absolute atomic E-state index is 0.579. The fraction of sp³-hybridized carbons (Fsp3) is 0.231. The van der Waals surface area contributed by atoms with Crippen LogP contribution in [-0.4, -0.2) is 50.4 Å². The summed E-state index contributed by atoms with van der Waals surface area (Å²) in [7, 11) is 4.10. The van der Waals surface area contributed by atoms with Crippen molar-refractivity contribution in [2.75, 3.05) is 55.5 Å². The third kappa shape index (κ3) is 4.09. The maximum Gasteiger partial charge on any atom is 0.227 e. The Labute approximate surface area is 188 Å². The molecule has 1 aliphatic rings. The van der Waals surface area contributed by atoms with Crippen LogP contribution in [0, 0.1) is 6.07 Å². The van der Waals surface area contributed by atoms with Crippen molar-refractivity contribution in [3.05, 3.63) is 72.9 Å². The lowest BCUT2D eigenvalue weighted by Gasteiger charge is -2.28. The van der Waals surface area contributed by atoms with E-state index in [0.29, 0.717) is 5.95 Å². The van der Waals surface area contributed by atoms with E-state index in [0.717, 1.165) is 59.7 Å². The zero-order valence-corrected chi connectivity index (χ0v) is 18.4. The molecule has 3 aromatic carbocycles. The molecule has 2 heterocycles. The number of ether oxygens (including phenoxy) is 1. The van der Waals surface area contributed by atoms with Gasteiger partial charge in [0.2, 0.25) is 5.95 Å². The SMILES string of the molecule is CN(C)c1cc[c]cc1-c1cccc2cnc(Nc3ccc(N4CCOCC4)cc3)nc12. The summed E-state index contributed by atoms with van der Waals surface area (Å²) in [5.41, 5.74) is 6.37. The first kappa shape index (κ1) is 20.3. The van der Waals surface area contributed by atoms with E-state index in [9.17, 15) is 0 Å². The average Bonchev–Trinajstić information content (AvgIpc) is 2.84. The van der Waals surface area contributed by atoms with Gasteiger partial charge in [-0.3, -0.25) is 0 Å². The van der Waals surface area contributed by atoms with Crippen molar-refractivity contribution in [2.45, 2.75) is 0 Å². The van der Waals surface area contributed by atoms with Gasteiger partial charge in [-0.2, -0.15) is 0 Å². The van der Waals surface area contributed by atoms with Gasteiger partial charge in [-0.1, -0.05) is 24.3 Å². The smallest absolute Gasteiger partial charge is 0.227 e. The van der Waals surface area contributed by atoms with Crippen molar-refractivity contribution in [2.24, 2.45) is 0 Å². The van der Waals surface area contributed by atoms with Crippen LogP contribution in [0.1, 0.15) is 0 Å². The first-order valence-corrected chi connectivity index (χ1v) is 10.8. The molecule has 1 aliphatic heterocycles. The van der Waals surface area contributed by atoms with Crippen molar-refractivity contribution >= 4 is 33.9 Å². The van der Waals surface area contributed by atoms with Gasteiger partial charge in [0, 0.05) is 67.0 Å². The van der Waals surface area contributed by atoms with Gasteiger partial charge in [0.15, 0.2) is 0 Å². The molecule has 1 aromatic heterocycles.